The van der Waals surface area contributed by atoms with E-state index in [9.17, 15) is 4.79 Å². The van der Waals surface area contributed by atoms with Gasteiger partial charge in [0.2, 0.25) is 0 Å². The van der Waals surface area contributed by atoms with E-state index in [1.807, 2.05) is 36.6 Å². The molecule has 0 saturated carbocycles. The summed E-state index contributed by atoms with van der Waals surface area (Å²) in [6.07, 6.45) is 1.44. The maximum atomic E-state index is 11.1. The summed E-state index contributed by atoms with van der Waals surface area (Å²) in [5, 5.41) is 15.0. The van der Waals surface area contributed by atoms with Crippen LogP contribution < -0.4 is 10.1 Å². The summed E-state index contributed by atoms with van der Waals surface area (Å²) < 4.78 is 5.21. The number of carboxylic acids is 1. The van der Waals surface area contributed by atoms with Gasteiger partial charge in [0.15, 0.2) is 0 Å². The van der Waals surface area contributed by atoms with Crippen LogP contribution in [0.2, 0.25) is 0 Å². The third-order valence-electron chi connectivity index (χ3n) is 3.27. The lowest BCUT2D eigenvalue weighted by molar-refractivity contribution is -0.139. The van der Waals surface area contributed by atoms with Crippen molar-refractivity contribution in [2.24, 2.45) is 0 Å². The lowest BCUT2D eigenvalue weighted by Gasteiger charge is -2.11. The van der Waals surface area contributed by atoms with Crippen LogP contribution in [-0.2, 0) is 11.3 Å². The molecule has 0 bridgehead atoms. The largest absolute Gasteiger partial charge is 0.497 e. The Hall–Kier alpha value is -1.92. The number of aromatic nitrogens is 1. The zero-order valence-electron chi connectivity index (χ0n) is 12.7. The van der Waals surface area contributed by atoms with Crippen molar-refractivity contribution in [2.75, 3.05) is 7.11 Å². The van der Waals surface area contributed by atoms with Gasteiger partial charge in [0, 0.05) is 17.5 Å². The van der Waals surface area contributed by atoms with E-state index >= 15 is 0 Å². The summed E-state index contributed by atoms with van der Waals surface area (Å²) in [6.45, 7) is 2.43. The molecule has 118 valence electrons. The monoisotopic (exact) mass is 320 g/mol. The Balaban J connectivity index is 2.03. The van der Waals surface area contributed by atoms with Gasteiger partial charge in [0.25, 0.3) is 0 Å². The van der Waals surface area contributed by atoms with Crippen LogP contribution >= 0.6 is 11.3 Å². The van der Waals surface area contributed by atoms with Crippen molar-refractivity contribution in [3.63, 3.8) is 0 Å². The Labute approximate surface area is 134 Å². The van der Waals surface area contributed by atoms with E-state index in [0.717, 1.165) is 28.4 Å². The molecule has 2 aromatic rings. The molecule has 2 N–H and O–H groups in total. The molecule has 0 aliphatic heterocycles. The van der Waals surface area contributed by atoms with Gasteiger partial charge in [-0.1, -0.05) is 25.5 Å². The van der Waals surface area contributed by atoms with Crippen LogP contribution in [0.4, 0.5) is 0 Å². The Morgan fingerprint density at radius 3 is 3.00 bits per heavy atom. The number of aliphatic carboxylic acids is 1. The standard InChI is InChI=1S/C16H20N2O3S/c1-3-5-14(16(19)20)17-9-12-10-22-15(18-12)11-6-4-7-13(8-11)21-2/h4,6-8,10,14,17H,3,5,9H2,1-2H3,(H,19,20). The van der Waals surface area contributed by atoms with Gasteiger partial charge in [-0.2, -0.15) is 0 Å². The second-order valence-corrected chi connectivity index (χ2v) is 5.79. The van der Waals surface area contributed by atoms with Crippen LogP contribution in [0.3, 0.4) is 0 Å². The minimum atomic E-state index is -0.815. The number of nitrogens with one attached hydrogen (secondary N) is 1. The molecule has 1 aromatic heterocycles. The number of ether oxygens (including phenoxy) is 1. The summed E-state index contributed by atoms with van der Waals surface area (Å²) in [6, 6.07) is 7.21. The first-order chi connectivity index (χ1) is 10.6. The van der Waals surface area contributed by atoms with Crippen LogP contribution in [-0.4, -0.2) is 29.2 Å². The van der Waals surface area contributed by atoms with Gasteiger partial charge in [-0.25, -0.2) is 4.98 Å². The lowest BCUT2D eigenvalue weighted by atomic mass is 10.1. The predicted octanol–water partition coefficient (Wildman–Crippen LogP) is 3.16. The summed E-state index contributed by atoms with van der Waals surface area (Å²) in [5.74, 6) is -0.0219. The van der Waals surface area contributed by atoms with E-state index < -0.39 is 12.0 Å². The highest BCUT2D eigenvalue weighted by molar-refractivity contribution is 7.13. The van der Waals surface area contributed by atoms with E-state index in [4.69, 9.17) is 9.84 Å². The highest BCUT2D eigenvalue weighted by Gasteiger charge is 2.16. The van der Waals surface area contributed by atoms with Gasteiger partial charge < -0.3 is 9.84 Å². The molecule has 1 unspecified atom stereocenters. The van der Waals surface area contributed by atoms with Crippen LogP contribution in [0.5, 0.6) is 5.75 Å². The van der Waals surface area contributed by atoms with Crippen molar-refractivity contribution in [3.8, 4) is 16.3 Å². The second kappa shape index (κ2) is 7.91. The van der Waals surface area contributed by atoms with Gasteiger partial charge >= 0.3 is 5.97 Å². The Kier molecular flexibility index (Phi) is 5.91. The molecule has 0 aliphatic carbocycles. The predicted molar refractivity (Wildman–Crippen MR) is 87.3 cm³/mol. The number of nitrogens with zero attached hydrogens (tertiary/aromatic N) is 1. The third kappa shape index (κ3) is 4.29. The quantitative estimate of drug-likeness (QED) is 0.782. The number of carbonyl (C=O) groups is 1. The molecule has 6 heteroatoms. The molecule has 0 radical (unpaired) electrons. The number of methoxy groups -OCH3 is 1. The van der Waals surface area contributed by atoms with Crippen molar-refractivity contribution in [2.45, 2.75) is 32.4 Å². The number of thiazole rings is 1. The first kappa shape index (κ1) is 16.5. The van der Waals surface area contributed by atoms with Crippen molar-refractivity contribution in [1.82, 2.24) is 10.3 Å². The minimum absolute atomic E-state index is 0.456. The van der Waals surface area contributed by atoms with Gasteiger partial charge in [-0.15, -0.1) is 11.3 Å². The van der Waals surface area contributed by atoms with Crippen molar-refractivity contribution < 1.29 is 14.6 Å². The van der Waals surface area contributed by atoms with Crippen LogP contribution in [0, 0.1) is 0 Å². The first-order valence-corrected chi connectivity index (χ1v) is 8.07. The fourth-order valence-corrected chi connectivity index (χ4v) is 2.92. The summed E-state index contributed by atoms with van der Waals surface area (Å²) in [7, 11) is 1.64. The molecule has 5 nitrogen and oxygen atoms in total. The molecule has 0 amide bonds. The Morgan fingerprint density at radius 2 is 2.32 bits per heavy atom. The minimum Gasteiger partial charge on any atom is -0.497 e. The highest BCUT2D eigenvalue weighted by atomic mass is 32.1. The lowest BCUT2D eigenvalue weighted by Crippen LogP contribution is -2.36. The fraction of sp³-hybridized carbons (Fsp3) is 0.375. The summed E-state index contributed by atoms with van der Waals surface area (Å²) in [5.41, 5.74) is 1.85. The number of rotatable bonds is 8. The fourth-order valence-electron chi connectivity index (χ4n) is 2.11. The molecule has 0 spiro atoms. The molecule has 2 rings (SSSR count). The zero-order chi connectivity index (χ0) is 15.9. The maximum Gasteiger partial charge on any atom is 0.320 e. The van der Waals surface area contributed by atoms with E-state index in [2.05, 4.69) is 10.3 Å². The first-order valence-electron chi connectivity index (χ1n) is 7.19. The number of hydrogen-bond donors (Lipinski definition) is 2. The molecule has 0 saturated heterocycles. The van der Waals surface area contributed by atoms with Gasteiger partial charge in [0.05, 0.1) is 12.8 Å². The topological polar surface area (TPSA) is 71.5 Å². The highest BCUT2D eigenvalue weighted by Crippen LogP contribution is 2.26. The normalized spacial score (nSPS) is 12.1. The molecule has 0 fully saturated rings. The number of benzene rings is 1. The third-order valence-corrected chi connectivity index (χ3v) is 4.21. The molecule has 1 atom stereocenters. The number of hydrogen-bond acceptors (Lipinski definition) is 5. The summed E-state index contributed by atoms with van der Waals surface area (Å²) in [4.78, 5) is 15.7. The van der Waals surface area contributed by atoms with Gasteiger partial charge in [0.1, 0.15) is 16.8 Å². The molecule has 0 aliphatic rings. The van der Waals surface area contributed by atoms with Crippen molar-refractivity contribution in [1.29, 1.82) is 0 Å². The zero-order valence-corrected chi connectivity index (χ0v) is 13.5. The van der Waals surface area contributed by atoms with Crippen LogP contribution in [0.15, 0.2) is 29.6 Å². The molecular formula is C16H20N2O3S. The smallest absolute Gasteiger partial charge is 0.320 e. The number of carboxylic acid groups (broad SMARTS) is 1. The van der Waals surface area contributed by atoms with E-state index in [1.165, 1.54) is 0 Å². The Morgan fingerprint density at radius 1 is 1.50 bits per heavy atom. The van der Waals surface area contributed by atoms with E-state index in [-0.39, 0.29) is 0 Å². The van der Waals surface area contributed by atoms with Crippen molar-refractivity contribution >= 4 is 17.3 Å². The SMILES string of the molecule is CCCC(NCc1csc(-c2cccc(OC)c2)n1)C(=O)O. The molecular weight excluding hydrogens is 300 g/mol. The average molecular weight is 320 g/mol. The van der Waals surface area contributed by atoms with E-state index in [0.29, 0.717) is 13.0 Å². The molecule has 1 heterocycles. The van der Waals surface area contributed by atoms with Crippen LogP contribution in [0.1, 0.15) is 25.5 Å². The van der Waals surface area contributed by atoms with E-state index in [1.54, 1.807) is 18.4 Å². The second-order valence-electron chi connectivity index (χ2n) is 4.94. The summed E-state index contributed by atoms with van der Waals surface area (Å²) >= 11 is 1.54. The van der Waals surface area contributed by atoms with Crippen LogP contribution in [0.25, 0.3) is 10.6 Å². The maximum absolute atomic E-state index is 11.1. The average Bonchev–Trinajstić information content (AvgIpc) is 3.00. The molecule has 22 heavy (non-hydrogen) atoms. The Bertz CT molecular complexity index is 627. The molecule has 1 aromatic carbocycles. The van der Waals surface area contributed by atoms with Gasteiger partial charge in [-0.05, 0) is 18.6 Å². The van der Waals surface area contributed by atoms with Crippen molar-refractivity contribution in [3.05, 3.63) is 35.3 Å². The van der Waals surface area contributed by atoms with Gasteiger partial charge in [-0.3, -0.25) is 10.1 Å².